The second-order valence-electron chi connectivity index (χ2n) is 6.99. The van der Waals surface area contributed by atoms with Crippen LogP contribution in [0.25, 0.3) is 21.3 Å². The molecule has 0 atom stereocenters. The van der Waals surface area contributed by atoms with Crippen molar-refractivity contribution in [2.24, 2.45) is 0 Å². The van der Waals surface area contributed by atoms with Gasteiger partial charge in [-0.2, -0.15) is 5.10 Å². The van der Waals surface area contributed by atoms with Crippen LogP contribution in [-0.2, 0) is 6.54 Å². The molecule has 30 heavy (non-hydrogen) atoms. The maximum atomic E-state index is 13.2. The van der Waals surface area contributed by atoms with Gasteiger partial charge in [-0.1, -0.05) is 12.1 Å². The fraction of sp³-hybridized carbons (Fsp3) is 0.0952. The van der Waals surface area contributed by atoms with Gasteiger partial charge in [0.15, 0.2) is 0 Å². The fourth-order valence-corrected chi connectivity index (χ4v) is 4.45. The Labute approximate surface area is 173 Å². The van der Waals surface area contributed by atoms with E-state index in [1.165, 1.54) is 23.5 Å². The molecule has 7 nitrogen and oxygen atoms in total. The third-order valence-electron chi connectivity index (χ3n) is 4.85. The highest BCUT2D eigenvalue weighted by Crippen LogP contribution is 2.29. The minimum atomic E-state index is -0.292. The zero-order chi connectivity index (χ0) is 20.8. The van der Waals surface area contributed by atoms with E-state index in [9.17, 15) is 14.0 Å². The average Bonchev–Trinajstić information content (AvgIpc) is 3.38. The lowest BCUT2D eigenvalue weighted by Crippen LogP contribution is -2.10. The summed E-state index contributed by atoms with van der Waals surface area (Å²) in [5, 5.41) is 8.34. The van der Waals surface area contributed by atoms with Crippen molar-refractivity contribution in [1.29, 1.82) is 0 Å². The van der Waals surface area contributed by atoms with Crippen LogP contribution in [0.4, 0.5) is 10.1 Å². The Balaban J connectivity index is 1.42. The quantitative estimate of drug-likeness (QED) is 0.409. The van der Waals surface area contributed by atoms with Crippen LogP contribution in [0.15, 0.2) is 53.3 Å². The number of thiophene rings is 1. The molecule has 0 aliphatic carbocycles. The van der Waals surface area contributed by atoms with Crippen LogP contribution in [0.5, 0.6) is 0 Å². The van der Waals surface area contributed by atoms with Crippen LogP contribution in [0, 0.1) is 12.7 Å². The molecule has 1 amide bonds. The highest BCUT2D eigenvalue weighted by molar-refractivity contribution is 7.20. The van der Waals surface area contributed by atoms with Crippen LogP contribution in [0.3, 0.4) is 0 Å². The first-order valence-electron chi connectivity index (χ1n) is 9.21. The molecule has 5 aromatic rings. The molecule has 0 aliphatic rings. The van der Waals surface area contributed by atoms with Gasteiger partial charge >= 0.3 is 5.69 Å². The van der Waals surface area contributed by atoms with E-state index >= 15 is 0 Å². The first-order valence-corrected chi connectivity index (χ1v) is 10.0. The van der Waals surface area contributed by atoms with Crippen LogP contribution < -0.4 is 11.0 Å². The molecule has 0 bridgehead atoms. The summed E-state index contributed by atoms with van der Waals surface area (Å²) in [5.41, 5.74) is 3.35. The number of nitrogens with one attached hydrogen (secondary N) is 3. The maximum absolute atomic E-state index is 13.2. The van der Waals surface area contributed by atoms with Crippen LogP contribution in [0.2, 0.25) is 0 Å². The van der Waals surface area contributed by atoms with Crippen molar-refractivity contribution >= 4 is 44.2 Å². The Morgan fingerprint density at radius 3 is 2.70 bits per heavy atom. The molecule has 9 heteroatoms. The number of aromatic amines is 2. The number of nitrogens with zero attached hydrogens (tertiary/aromatic N) is 2. The van der Waals surface area contributed by atoms with Gasteiger partial charge in [0, 0.05) is 11.1 Å². The molecule has 0 spiro atoms. The Kier molecular flexibility index (Phi) is 4.25. The first kappa shape index (κ1) is 18.3. The van der Waals surface area contributed by atoms with Gasteiger partial charge in [-0.15, -0.1) is 11.3 Å². The molecule has 0 unspecified atom stereocenters. The number of aryl methyl sites for hydroxylation is 1. The number of anilines is 1. The summed E-state index contributed by atoms with van der Waals surface area (Å²) in [6.45, 7) is 2.39. The number of amides is 1. The van der Waals surface area contributed by atoms with Crippen LogP contribution in [-0.4, -0.2) is 25.7 Å². The van der Waals surface area contributed by atoms with E-state index in [-0.39, 0.29) is 17.4 Å². The molecule has 0 fully saturated rings. The third-order valence-corrected chi connectivity index (χ3v) is 6.00. The van der Waals surface area contributed by atoms with Gasteiger partial charge in [0.1, 0.15) is 10.6 Å². The third kappa shape index (κ3) is 3.29. The molecular weight excluding hydrogens is 405 g/mol. The summed E-state index contributed by atoms with van der Waals surface area (Å²) >= 11 is 1.35. The minimum absolute atomic E-state index is 0.235. The molecule has 150 valence electrons. The van der Waals surface area contributed by atoms with E-state index in [2.05, 4.69) is 20.4 Å². The molecule has 0 radical (unpaired) electrons. The summed E-state index contributed by atoms with van der Waals surface area (Å²) in [6.07, 6.45) is 0. The van der Waals surface area contributed by atoms with E-state index in [0.717, 1.165) is 21.5 Å². The van der Waals surface area contributed by atoms with Gasteiger partial charge in [0.2, 0.25) is 0 Å². The van der Waals surface area contributed by atoms with Crippen molar-refractivity contribution in [3.05, 3.63) is 81.0 Å². The number of H-pyrrole nitrogens is 2. The Bertz CT molecular complexity index is 1460. The summed E-state index contributed by atoms with van der Waals surface area (Å²) in [7, 11) is 0. The highest BCUT2D eigenvalue weighted by atomic mass is 32.1. The lowest BCUT2D eigenvalue weighted by molar-refractivity contribution is 0.103. The highest BCUT2D eigenvalue weighted by Gasteiger charge is 2.17. The predicted molar refractivity (Wildman–Crippen MR) is 115 cm³/mol. The number of fused-ring (bicyclic) bond motifs is 2. The van der Waals surface area contributed by atoms with Gasteiger partial charge < -0.3 is 15.3 Å². The number of halogens is 1. The minimum Gasteiger partial charge on any atom is -0.321 e. The Hall–Kier alpha value is -3.72. The first-order chi connectivity index (χ1) is 14.5. The van der Waals surface area contributed by atoms with Crippen molar-refractivity contribution in [1.82, 2.24) is 19.7 Å². The summed E-state index contributed by atoms with van der Waals surface area (Å²) < 4.78 is 15.0. The molecule has 0 aliphatic heterocycles. The molecule has 3 aromatic heterocycles. The van der Waals surface area contributed by atoms with Crippen molar-refractivity contribution < 1.29 is 9.18 Å². The van der Waals surface area contributed by atoms with E-state index in [4.69, 9.17) is 0 Å². The van der Waals surface area contributed by atoms with Gasteiger partial charge in [-0.05, 0) is 48.9 Å². The Morgan fingerprint density at radius 1 is 1.13 bits per heavy atom. The van der Waals surface area contributed by atoms with E-state index in [1.54, 1.807) is 30.3 Å². The fourth-order valence-electron chi connectivity index (χ4n) is 3.40. The normalized spacial score (nSPS) is 11.4. The lowest BCUT2D eigenvalue weighted by atomic mass is 10.2. The molecule has 0 saturated carbocycles. The van der Waals surface area contributed by atoms with Crippen LogP contribution in [0.1, 0.15) is 20.9 Å². The van der Waals surface area contributed by atoms with Gasteiger partial charge in [0.25, 0.3) is 5.91 Å². The standard InChI is InChI=1S/C21H16FN5O2S/c1-11-15-9-18(19(28)23-14-6-7-16-17(8-14)25-21(29)24-16)30-20(15)27(26-11)10-12-2-4-13(22)5-3-12/h2-9H,10H2,1H3,(H,23,28)(H2,24,25,29). The van der Waals surface area contributed by atoms with E-state index in [0.29, 0.717) is 28.1 Å². The number of carbonyl (C=O) groups excluding carboxylic acids is 1. The summed E-state index contributed by atoms with van der Waals surface area (Å²) in [4.78, 5) is 31.0. The Morgan fingerprint density at radius 2 is 1.90 bits per heavy atom. The monoisotopic (exact) mass is 421 g/mol. The van der Waals surface area contributed by atoms with Crippen molar-refractivity contribution in [3.8, 4) is 0 Å². The summed E-state index contributed by atoms with van der Waals surface area (Å²) in [6, 6.07) is 13.3. The average molecular weight is 421 g/mol. The summed E-state index contributed by atoms with van der Waals surface area (Å²) in [5.74, 6) is -0.515. The van der Waals surface area contributed by atoms with Crippen LogP contribution >= 0.6 is 11.3 Å². The molecular formula is C21H16FN5O2S. The number of benzene rings is 2. The maximum Gasteiger partial charge on any atom is 0.323 e. The molecule has 0 saturated heterocycles. The molecule has 3 heterocycles. The van der Waals surface area contributed by atoms with Gasteiger partial charge in [-0.3, -0.25) is 9.48 Å². The predicted octanol–water partition coefficient (Wildman–Crippen LogP) is 4.02. The lowest BCUT2D eigenvalue weighted by Gasteiger charge is -2.04. The van der Waals surface area contributed by atoms with E-state index in [1.807, 2.05) is 17.7 Å². The zero-order valence-corrected chi connectivity index (χ0v) is 16.6. The number of carbonyl (C=O) groups is 1. The largest absolute Gasteiger partial charge is 0.323 e. The van der Waals surface area contributed by atoms with Crippen molar-refractivity contribution in [2.75, 3.05) is 5.32 Å². The van der Waals surface area contributed by atoms with Gasteiger partial charge in [0.05, 0.1) is 28.1 Å². The number of imidazole rings is 1. The van der Waals surface area contributed by atoms with Crippen molar-refractivity contribution in [3.63, 3.8) is 0 Å². The number of rotatable bonds is 4. The zero-order valence-electron chi connectivity index (χ0n) is 15.8. The number of hydrogen-bond donors (Lipinski definition) is 3. The number of hydrogen-bond acceptors (Lipinski definition) is 4. The molecule has 5 rings (SSSR count). The smallest absolute Gasteiger partial charge is 0.321 e. The van der Waals surface area contributed by atoms with Gasteiger partial charge in [-0.25, -0.2) is 9.18 Å². The van der Waals surface area contributed by atoms with E-state index < -0.39 is 0 Å². The topological polar surface area (TPSA) is 95.6 Å². The number of aromatic nitrogens is 4. The van der Waals surface area contributed by atoms with Crippen molar-refractivity contribution in [2.45, 2.75) is 13.5 Å². The SMILES string of the molecule is Cc1nn(Cc2ccc(F)cc2)c2sc(C(=O)Nc3ccc4[nH]c(=O)[nH]c4c3)cc12. The molecule has 2 aromatic carbocycles. The molecule has 3 N–H and O–H groups in total. The second kappa shape index (κ2) is 6.96. The second-order valence-corrected chi connectivity index (χ2v) is 8.02.